The molecular formula is C17H21N. The fraction of sp³-hybridized carbons (Fsp3) is 0.412. The minimum absolute atomic E-state index is 0.269. The van der Waals surface area contributed by atoms with Crippen LogP contribution in [0.25, 0.3) is 5.57 Å². The van der Waals surface area contributed by atoms with Gasteiger partial charge in [-0.05, 0) is 44.7 Å². The highest BCUT2D eigenvalue weighted by atomic mass is 15.0. The molecule has 1 unspecified atom stereocenters. The molecule has 1 heteroatoms. The third-order valence-corrected chi connectivity index (χ3v) is 3.34. The van der Waals surface area contributed by atoms with Crippen LogP contribution in [0.3, 0.4) is 0 Å². The van der Waals surface area contributed by atoms with Crippen LogP contribution in [0.4, 0.5) is 0 Å². The van der Waals surface area contributed by atoms with Gasteiger partial charge in [-0.25, -0.2) is 0 Å². The van der Waals surface area contributed by atoms with Gasteiger partial charge in [-0.2, -0.15) is 0 Å². The molecule has 1 aliphatic rings. The molecule has 0 aromatic heterocycles. The summed E-state index contributed by atoms with van der Waals surface area (Å²) in [7, 11) is 0. The number of hydrogen-bond acceptors (Lipinski definition) is 1. The van der Waals surface area contributed by atoms with Crippen molar-refractivity contribution in [1.82, 2.24) is 5.32 Å². The van der Waals surface area contributed by atoms with E-state index in [1.54, 1.807) is 5.57 Å². The second-order valence-corrected chi connectivity index (χ2v) is 5.52. The van der Waals surface area contributed by atoms with Crippen LogP contribution in [-0.4, -0.2) is 11.6 Å². The van der Waals surface area contributed by atoms with Gasteiger partial charge in [0, 0.05) is 6.04 Å². The molecule has 0 saturated heterocycles. The largest absolute Gasteiger partial charge is 0.295 e. The highest BCUT2D eigenvalue weighted by Crippen LogP contribution is 2.38. The van der Waals surface area contributed by atoms with E-state index < -0.39 is 0 Å². The standard InChI is InChI=1S/C17H21N/c1-5-17(3,4)18-13(2)16(15-11-12-15)14-9-7-6-8-10-14/h1,6-10,13,18H,11-12H2,2-4H3. The summed E-state index contributed by atoms with van der Waals surface area (Å²) in [6.45, 7) is 6.29. The molecule has 0 aliphatic heterocycles. The topological polar surface area (TPSA) is 12.0 Å². The van der Waals surface area contributed by atoms with Crippen molar-refractivity contribution in [3.63, 3.8) is 0 Å². The average Bonchev–Trinajstić information content (AvgIpc) is 3.14. The summed E-state index contributed by atoms with van der Waals surface area (Å²) in [5.41, 5.74) is 4.04. The monoisotopic (exact) mass is 239 g/mol. The van der Waals surface area contributed by atoms with Crippen LogP contribution in [0.2, 0.25) is 0 Å². The molecule has 1 fully saturated rings. The molecular weight excluding hydrogens is 218 g/mol. The van der Waals surface area contributed by atoms with E-state index in [1.165, 1.54) is 24.0 Å². The summed E-state index contributed by atoms with van der Waals surface area (Å²) < 4.78 is 0. The lowest BCUT2D eigenvalue weighted by molar-refractivity contribution is 0.469. The smallest absolute Gasteiger partial charge is 0.0745 e. The number of rotatable bonds is 4. The second-order valence-electron chi connectivity index (χ2n) is 5.52. The Morgan fingerprint density at radius 2 is 1.89 bits per heavy atom. The first-order valence-corrected chi connectivity index (χ1v) is 6.56. The van der Waals surface area contributed by atoms with Crippen LogP contribution in [0.5, 0.6) is 0 Å². The Bertz CT molecular complexity index is 482. The third kappa shape index (κ3) is 3.03. The molecule has 2 rings (SSSR count). The zero-order valence-corrected chi connectivity index (χ0v) is 11.5. The van der Waals surface area contributed by atoms with Gasteiger partial charge in [0.25, 0.3) is 0 Å². The lowest BCUT2D eigenvalue weighted by Crippen LogP contribution is -2.44. The predicted octanol–water partition coefficient (Wildman–Crippen LogP) is 3.62. The Kier molecular flexibility index (Phi) is 3.59. The van der Waals surface area contributed by atoms with Crippen LogP contribution in [0, 0.1) is 12.3 Å². The normalized spacial score (nSPS) is 16.0. The van der Waals surface area contributed by atoms with Crippen molar-refractivity contribution in [3.05, 3.63) is 41.5 Å². The molecule has 0 amide bonds. The zero-order valence-electron chi connectivity index (χ0n) is 11.5. The van der Waals surface area contributed by atoms with Gasteiger partial charge in [0.15, 0.2) is 0 Å². The van der Waals surface area contributed by atoms with E-state index >= 15 is 0 Å². The SMILES string of the molecule is C#CC(C)(C)NC(C)C(=C1CC1)c1ccccc1. The van der Waals surface area contributed by atoms with Gasteiger partial charge >= 0.3 is 0 Å². The van der Waals surface area contributed by atoms with Crippen molar-refractivity contribution < 1.29 is 0 Å². The number of allylic oxidation sites excluding steroid dienone is 1. The van der Waals surface area contributed by atoms with E-state index in [-0.39, 0.29) is 11.6 Å². The summed E-state index contributed by atoms with van der Waals surface area (Å²) in [6, 6.07) is 10.9. The number of hydrogen-bond donors (Lipinski definition) is 1. The lowest BCUT2D eigenvalue weighted by atomic mass is 9.95. The Morgan fingerprint density at radius 3 is 2.39 bits per heavy atom. The minimum atomic E-state index is -0.269. The summed E-state index contributed by atoms with van der Waals surface area (Å²) in [6.07, 6.45) is 8.01. The summed E-state index contributed by atoms with van der Waals surface area (Å²) in [5.74, 6) is 2.80. The first-order chi connectivity index (χ1) is 8.53. The highest BCUT2D eigenvalue weighted by molar-refractivity contribution is 5.74. The van der Waals surface area contributed by atoms with Crippen molar-refractivity contribution in [3.8, 4) is 12.3 Å². The summed E-state index contributed by atoms with van der Waals surface area (Å²) in [5, 5.41) is 3.53. The lowest BCUT2D eigenvalue weighted by Gasteiger charge is -2.27. The molecule has 1 saturated carbocycles. The van der Waals surface area contributed by atoms with E-state index in [9.17, 15) is 0 Å². The fourth-order valence-electron chi connectivity index (χ4n) is 2.36. The van der Waals surface area contributed by atoms with Crippen molar-refractivity contribution in [2.24, 2.45) is 0 Å². The van der Waals surface area contributed by atoms with Crippen LogP contribution in [-0.2, 0) is 0 Å². The second kappa shape index (κ2) is 5.00. The van der Waals surface area contributed by atoms with Crippen molar-refractivity contribution >= 4 is 5.57 Å². The zero-order chi connectivity index (χ0) is 13.2. The van der Waals surface area contributed by atoms with E-state index in [4.69, 9.17) is 6.42 Å². The number of nitrogens with one attached hydrogen (secondary N) is 1. The molecule has 1 N–H and O–H groups in total. The van der Waals surface area contributed by atoms with Gasteiger partial charge in [-0.15, -0.1) is 6.42 Å². The van der Waals surface area contributed by atoms with E-state index in [0.29, 0.717) is 0 Å². The Labute approximate surface area is 110 Å². The van der Waals surface area contributed by atoms with Gasteiger partial charge in [-0.3, -0.25) is 5.32 Å². The molecule has 1 atom stereocenters. The highest BCUT2D eigenvalue weighted by Gasteiger charge is 2.26. The van der Waals surface area contributed by atoms with Crippen molar-refractivity contribution in [2.75, 3.05) is 0 Å². The maximum Gasteiger partial charge on any atom is 0.0745 e. The molecule has 0 bridgehead atoms. The number of benzene rings is 1. The van der Waals surface area contributed by atoms with E-state index in [0.717, 1.165) is 0 Å². The van der Waals surface area contributed by atoms with Gasteiger partial charge in [-0.1, -0.05) is 41.8 Å². The van der Waals surface area contributed by atoms with Gasteiger partial charge < -0.3 is 0 Å². The van der Waals surface area contributed by atoms with E-state index in [1.807, 2.05) is 13.8 Å². The first kappa shape index (κ1) is 12.9. The molecule has 1 aromatic carbocycles. The summed E-state index contributed by atoms with van der Waals surface area (Å²) in [4.78, 5) is 0. The minimum Gasteiger partial charge on any atom is -0.295 e. The van der Waals surface area contributed by atoms with Gasteiger partial charge in [0.1, 0.15) is 0 Å². The molecule has 1 aliphatic carbocycles. The Hall–Kier alpha value is -1.52. The van der Waals surface area contributed by atoms with Gasteiger partial charge in [0.05, 0.1) is 5.54 Å². The molecule has 1 nitrogen and oxygen atoms in total. The summed E-state index contributed by atoms with van der Waals surface area (Å²) >= 11 is 0. The maximum atomic E-state index is 5.56. The first-order valence-electron chi connectivity index (χ1n) is 6.56. The van der Waals surface area contributed by atoms with Crippen LogP contribution >= 0.6 is 0 Å². The Balaban J connectivity index is 2.24. The Morgan fingerprint density at radius 1 is 1.28 bits per heavy atom. The maximum absolute atomic E-state index is 5.56. The van der Waals surface area contributed by atoms with E-state index in [2.05, 4.69) is 48.5 Å². The molecule has 0 spiro atoms. The van der Waals surface area contributed by atoms with Crippen molar-refractivity contribution in [1.29, 1.82) is 0 Å². The van der Waals surface area contributed by atoms with Crippen molar-refractivity contribution in [2.45, 2.75) is 45.2 Å². The van der Waals surface area contributed by atoms with Crippen LogP contribution in [0.1, 0.15) is 39.2 Å². The van der Waals surface area contributed by atoms with Crippen LogP contribution in [0.15, 0.2) is 35.9 Å². The number of terminal acetylenes is 1. The molecule has 18 heavy (non-hydrogen) atoms. The van der Waals surface area contributed by atoms with Gasteiger partial charge in [0.2, 0.25) is 0 Å². The third-order valence-electron chi connectivity index (χ3n) is 3.34. The molecule has 0 heterocycles. The fourth-order valence-corrected chi connectivity index (χ4v) is 2.36. The quantitative estimate of drug-likeness (QED) is 0.791. The molecule has 94 valence electrons. The predicted molar refractivity (Wildman–Crippen MR) is 78.1 cm³/mol. The molecule has 0 radical (unpaired) electrons. The average molecular weight is 239 g/mol. The van der Waals surface area contributed by atoms with Crippen LogP contribution < -0.4 is 5.32 Å². The molecule has 1 aromatic rings.